The van der Waals surface area contributed by atoms with Gasteiger partial charge in [-0.2, -0.15) is 5.10 Å². The van der Waals surface area contributed by atoms with Gasteiger partial charge in [-0.3, -0.25) is 9.48 Å². The van der Waals surface area contributed by atoms with Crippen molar-refractivity contribution in [2.45, 2.75) is 33.1 Å². The van der Waals surface area contributed by atoms with Crippen LogP contribution in [0.2, 0.25) is 0 Å². The van der Waals surface area contributed by atoms with Gasteiger partial charge >= 0.3 is 0 Å². The van der Waals surface area contributed by atoms with E-state index in [4.69, 9.17) is 0 Å². The lowest BCUT2D eigenvalue weighted by molar-refractivity contribution is 0.0944. The summed E-state index contributed by atoms with van der Waals surface area (Å²) in [4.78, 5) is 11.9. The van der Waals surface area contributed by atoms with Crippen molar-refractivity contribution in [3.8, 4) is 0 Å². The van der Waals surface area contributed by atoms with Crippen molar-refractivity contribution in [3.63, 3.8) is 0 Å². The van der Waals surface area contributed by atoms with Gasteiger partial charge < -0.3 is 10.6 Å². The molecule has 0 aliphatic heterocycles. The van der Waals surface area contributed by atoms with E-state index < -0.39 is 0 Å². The highest BCUT2D eigenvalue weighted by Gasteiger charge is 2.14. The zero-order chi connectivity index (χ0) is 13.5. The van der Waals surface area contributed by atoms with E-state index in [1.54, 1.807) is 11.7 Å². The Balaban J connectivity index is 0.00000324. The summed E-state index contributed by atoms with van der Waals surface area (Å²) in [6.45, 7) is 8.68. The molecular formula is C13H25ClN4O. The van der Waals surface area contributed by atoms with Gasteiger partial charge in [0.1, 0.15) is 5.69 Å². The molecule has 5 nitrogen and oxygen atoms in total. The summed E-state index contributed by atoms with van der Waals surface area (Å²) in [7, 11) is 1.80. The van der Waals surface area contributed by atoms with E-state index >= 15 is 0 Å². The van der Waals surface area contributed by atoms with Gasteiger partial charge in [-0.1, -0.05) is 20.8 Å². The Labute approximate surface area is 121 Å². The van der Waals surface area contributed by atoms with Gasteiger partial charge in [-0.15, -0.1) is 12.4 Å². The van der Waals surface area contributed by atoms with Crippen LogP contribution in [0.25, 0.3) is 0 Å². The predicted molar refractivity (Wildman–Crippen MR) is 80.0 cm³/mol. The van der Waals surface area contributed by atoms with Crippen LogP contribution in [0.3, 0.4) is 0 Å². The molecule has 0 fully saturated rings. The first-order valence-electron chi connectivity index (χ1n) is 6.59. The standard InChI is InChI=1S/C13H24N4O.ClH/c1-5-6-14-7-8-15-13(18)12-9-11(10(2)3)16-17(12)4;/h9-10,14H,5-8H2,1-4H3,(H,15,18);1H. The number of nitrogens with zero attached hydrogens (tertiary/aromatic N) is 2. The Kier molecular flexibility index (Phi) is 8.43. The molecule has 1 amide bonds. The van der Waals surface area contributed by atoms with Crippen LogP contribution < -0.4 is 10.6 Å². The molecular weight excluding hydrogens is 264 g/mol. The second kappa shape index (κ2) is 8.93. The van der Waals surface area contributed by atoms with Gasteiger partial charge in [0, 0.05) is 20.1 Å². The summed E-state index contributed by atoms with van der Waals surface area (Å²) in [6, 6.07) is 1.86. The third kappa shape index (κ3) is 5.61. The predicted octanol–water partition coefficient (Wildman–Crippen LogP) is 1.69. The average Bonchev–Trinajstić information content (AvgIpc) is 2.71. The number of rotatable bonds is 7. The molecule has 1 heterocycles. The number of aromatic nitrogens is 2. The molecule has 0 radical (unpaired) electrons. The molecule has 0 aromatic carbocycles. The molecule has 0 bridgehead atoms. The van der Waals surface area contributed by atoms with Crippen LogP contribution >= 0.6 is 12.4 Å². The van der Waals surface area contributed by atoms with E-state index in [-0.39, 0.29) is 18.3 Å². The van der Waals surface area contributed by atoms with E-state index in [2.05, 4.69) is 36.5 Å². The fourth-order valence-electron chi connectivity index (χ4n) is 1.64. The minimum atomic E-state index is -0.0600. The SMILES string of the molecule is CCCNCCNC(=O)c1cc(C(C)C)nn1C.Cl. The van der Waals surface area contributed by atoms with Crippen molar-refractivity contribution in [3.05, 3.63) is 17.5 Å². The van der Waals surface area contributed by atoms with Crippen molar-refractivity contribution in [1.29, 1.82) is 0 Å². The number of aryl methyl sites for hydroxylation is 1. The number of hydrogen-bond acceptors (Lipinski definition) is 3. The maximum atomic E-state index is 11.9. The molecule has 0 aliphatic rings. The summed E-state index contributed by atoms with van der Waals surface area (Å²) < 4.78 is 1.64. The van der Waals surface area contributed by atoms with Crippen molar-refractivity contribution in [2.24, 2.45) is 7.05 Å². The maximum Gasteiger partial charge on any atom is 0.269 e. The van der Waals surface area contributed by atoms with E-state index in [0.717, 1.165) is 25.2 Å². The zero-order valence-electron chi connectivity index (χ0n) is 12.2. The van der Waals surface area contributed by atoms with Crippen LogP contribution in [0.15, 0.2) is 6.07 Å². The number of carbonyl (C=O) groups excluding carboxylic acids is 1. The van der Waals surface area contributed by atoms with Crippen molar-refractivity contribution < 1.29 is 4.79 Å². The Hall–Kier alpha value is -1.07. The van der Waals surface area contributed by atoms with E-state index in [0.29, 0.717) is 18.2 Å². The highest BCUT2D eigenvalue weighted by molar-refractivity contribution is 5.92. The smallest absolute Gasteiger partial charge is 0.269 e. The van der Waals surface area contributed by atoms with Gasteiger partial charge in [0.15, 0.2) is 0 Å². The maximum absolute atomic E-state index is 11.9. The van der Waals surface area contributed by atoms with E-state index in [9.17, 15) is 4.79 Å². The number of halogens is 1. The van der Waals surface area contributed by atoms with Crippen LogP contribution in [0.4, 0.5) is 0 Å². The van der Waals surface area contributed by atoms with Gasteiger partial charge in [-0.05, 0) is 24.9 Å². The van der Waals surface area contributed by atoms with Gasteiger partial charge in [-0.25, -0.2) is 0 Å². The van der Waals surface area contributed by atoms with Crippen molar-refractivity contribution >= 4 is 18.3 Å². The summed E-state index contributed by atoms with van der Waals surface area (Å²) in [5, 5.41) is 10.5. The minimum Gasteiger partial charge on any atom is -0.349 e. The molecule has 0 aliphatic carbocycles. The molecule has 1 rings (SSSR count). The third-order valence-electron chi connectivity index (χ3n) is 2.74. The Morgan fingerprint density at radius 2 is 2.05 bits per heavy atom. The largest absolute Gasteiger partial charge is 0.349 e. The molecule has 0 atom stereocenters. The Morgan fingerprint density at radius 3 is 2.58 bits per heavy atom. The van der Waals surface area contributed by atoms with Gasteiger partial charge in [0.25, 0.3) is 5.91 Å². The number of amides is 1. The van der Waals surface area contributed by atoms with E-state index in [1.165, 1.54) is 0 Å². The second-order valence-electron chi connectivity index (χ2n) is 4.74. The molecule has 0 saturated heterocycles. The first-order valence-corrected chi connectivity index (χ1v) is 6.59. The zero-order valence-corrected chi connectivity index (χ0v) is 13.0. The monoisotopic (exact) mass is 288 g/mol. The van der Waals surface area contributed by atoms with Gasteiger partial charge in [0.2, 0.25) is 0 Å². The Bertz CT molecular complexity index is 390. The lowest BCUT2D eigenvalue weighted by Crippen LogP contribution is -2.33. The first kappa shape index (κ1) is 17.9. The normalized spacial score (nSPS) is 10.4. The van der Waals surface area contributed by atoms with Gasteiger partial charge in [0.05, 0.1) is 5.69 Å². The summed E-state index contributed by atoms with van der Waals surface area (Å²) in [5.41, 5.74) is 1.57. The van der Waals surface area contributed by atoms with E-state index in [1.807, 2.05) is 6.07 Å². The molecule has 6 heteroatoms. The van der Waals surface area contributed by atoms with Crippen LogP contribution in [0.1, 0.15) is 49.3 Å². The second-order valence-corrected chi connectivity index (χ2v) is 4.74. The molecule has 1 aromatic heterocycles. The molecule has 110 valence electrons. The van der Waals surface area contributed by atoms with Crippen LogP contribution in [0, 0.1) is 0 Å². The van der Waals surface area contributed by atoms with Crippen molar-refractivity contribution in [2.75, 3.05) is 19.6 Å². The number of nitrogens with one attached hydrogen (secondary N) is 2. The quantitative estimate of drug-likeness (QED) is 0.751. The molecule has 0 spiro atoms. The molecule has 1 aromatic rings. The fourth-order valence-corrected chi connectivity index (χ4v) is 1.64. The summed E-state index contributed by atoms with van der Waals surface area (Å²) in [5.74, 6) is 0.277. The number of carbonyl (C=O) groups is 1. The average molecular weight is 289 g/mol. The molecule has 19 heavy (non-hydrogen) atoms. The summed E-state index contributed by atoms with van der Waals surface area (Å²) >= 11 is 0. The lowest BCUT2D eigenvalue weighted by Gasteiger charge is -2.05. The Morgan fingerprint density at radius 1 is 1.37 bits per heavy atom. The van der Waals surface area contributed by atoms with Crippen LogP contribution in [-0.4, -0.2) is 35.3 Å². The number of hydrogen-bond donors (Lipinski definition) is 2. The summed E-state index contributed by atoms with van der Waals surface area (Å²) in [6.07, 6.45) is 1.10. The van der Waals surface area contributed by atoms with Crippen LogP contribution in [-0.2, 0) is 7.05 Å². The highest BCUT2D eigenvalue weighted by Crippen LogP contribution is 2.13. The molecule has 0 unspecified atom stereocenters. The highest BCUT2D eigenvalue weighted by atomic mass is 35.5. The van der Waals surface area contributed by atoms with Crippen LogP contribution in [0.5, 0.6) is 0 Å². The fraction of sp³-hybridized carbons (Fsp3) is 0.692. The lowest BCUT2D eigenvalue weighted by atomic mass is 10.1. The topological polar surface area (TPSA) is 58.9 Å². The molecule has 0 saturated carbocycles. The minimum absolute atomic E-state index is 0. The van der Waals surface area contributed by atoms with Crippen molar-refractivity contribution in [1.82, 2.24) is 20.4 Å². The first-order chi connectivity index (χ1) is 8.56. The third-order valence-corrected chi connectivity index (χ3v) is 2.74. The molecule has 2 N–H and O–H groups in total.